The molecule has 21 nitrogen and oxygen atoms in total. The fourth-order valence-electron chi connectivity index (χ4n) is 17.9. The second kappa shape index (κ2) is 43.9. The van der Waals surface area contributed by atoms with Crippen LogP contribution in [0, 0.1) is 39.0 Å². The first-order chi connectivity index (χ1) is 65.8. The van der Waals surface area contributed by atoms with Gasteiger partial charge >= 0.3 is 17.9 Å². The number of carbonyl (C=O) groups is 5. The van der Waals surface area contributed by atoms with Crippen molar-refractivity contribution in [3.05, 3.63) is 334 Å². The van der Waals surface area contributed by atoms with Crippen molar-refractivity contribution in [2.45, 2.75) is 121 Å². The monoisotopic (exact) mass is 1910 g/mol. The van der Waals surface area contributed by atoms with Gasteiger partial charge in [0.05, 0.1) is 62.4 Å². The number of aromatic nitrogens is 6. The maximum Gasteiger partial charge on any atom is 0.305 e. The number of aliphatic carboxylic acids is 3. The molecular weight excluding hydrogens is 1810 g/mol. The van der Waals surface area contributed by atoms with E-state index in [0.29, 0.717) is 80.1 Å². The fourth-order valence-corrected chi connectivity index (χ4v) is 19.7. The van der Waals surface area contributed by atoms with Gasteiger partial charge in [0.25, 0.3) is 0 Å². The highest BCUT2D eigenvalue weighted by Crippen LogP contribution is 2.48. The van der Waals surface area contributed by atoms with Crippen molar-refractivity contribution in [3.8, 4) is 6.07 Å². The van der Waals surface area contributed by atoms with Gasteiger partial charge in [0, 0.05) is 220 Å². The molecular formula is C110H101Cl4N11O10S. The highest BCUT2D eigenvalue weighted by molar-refractivity contribution is 7.99. The number of carboxylic acids is 3. The minimum Gasteiger partial charge on any atom is -0.481 e. The molecule has 1 aliphatic rings. The maximum absolute atomic E-state index is 11.5. The number of anilines is 2. The molecule has 0 fully saturated rings. The van der Waals surface area contributed by atoms with Gasteiger partial charge in [-0.2, -0.15) is 5.26 Å². The Morgan fingerprint density at radius 3 is 0.919 bits per heavy atom. The number of nitriles is 1. The number of hydrogen-bond acceptors (Lipinski definition) is 11. The molecule has 0 saturated carbocycles. The van der Waals surface area contributed by atoms with Crippen LogP contribution in [0.25, 0.3) is 131 Å². The molecule has 136 heavy (non-hydrogen) atoms. The normalized spacial score (nSPS) is 11.7. The van der Waals surface area contributed by atoms with Crippen LogP contribution in [0.3, 0.4) is 0 Å². The lowest BCUT2D eigenvalue weighted by Gasteiger charge is -2.32. The van der Waals surface area contributed by atoms with Gasteiger partial charge in [-0.25, -0.2) is 5.84 Å². The van der Waals surface area contributed by atoms with E-state index in [4.69, 9.17) is 77.9 Å². The first-order valence-electron chi connectivity index (χ1n) is 44.6. The van der Waals surface area contributed by atoms with Crippen LogP contribution in [0.1, 0.15) is 60.8 Å². The molecule has 26 heteroatoms. The van der Waals surface area contributed by atoms with Crippen molar-refractivity contribution in [1.29, 1.82) is 5.26 Å². The number of nitrogens with zero attached hydrogens (tertiary/aromatic N) is 8. The summed E-state index contributed by atoms with van der Waals surface area (Å²) in [4.78, 5) is 59.7. The molecule has 0 aliphatic carbocycles. The Morgan fingerprint density at radius 1 is 0.346 bits per heavy atom. The standard InChI is InChI=1S/C16H16ClN3O.C16H13ClN2.C16H16ClNO2.C16H14ClNO2.C16H16N2O.C15H13NO2S.C15H13NO2/c1-10-2-4-14-12(8-10)13-9-11(17)3-5-15(13)20(14)7-6-16(21)19-18;1-11-3-5-15-13(9-11)14-10-12(17)4-6-16(14)19(15)8-2-7-18;1-10-2-4-15-13(6-10)14-7-11(17)3-5-16(14)18(15)8-12(20)9-19;1-10-2-4-14-12(8-10)13-9-11(17)3-5-15(13)18(14)7-6-16(19)20;1-17-16(19)10-11-18-14-8-4-2-6-12(14)13-7-3-5-9-15(13)18;17-15(18)9-10-16-11-5-1-3-7-13(11)19-14-8-4-2-6-12(14)16;17-15(18)9-10-16-13-7-3-1-5-11(13)12-6-2-4-8-14(12)16/h2-5,8-9H,6-7,18H2,1H3,(H,19,21);3-6,9-10H,2,8H2,1H3;2-7,12,19-20H,8-9H2,1H3;2-5,8-9H,6-7H2,1H3,(H,19,20);2-9H,10-11H2,1H3,(H,17,19);1-8H,9-10H2,(H,17,18);1-8H,9-10H2,(H,17,18). The molecule has 0 spiro atoms. The van der Waals surface area contributed by atoms with Gasteiger partial charge in [-0.3, -0.25) is 29.4 Å². The zero-order chi connectivity index (χ0) is 96.0. The van der Waals surface area contributed by atoms with Crippen LogP contribution in [0.4, 0.5) is 11.4 Å². The molecule has 1 aliphatic heterocycles. The molecule has 0 saturated heterocycles. The zero-order valence-electron chi connectivity index (χ0n) is 75.5. The third-order valence-corrected chi connectivity index (χ3v) is 26.2. The molecule has 690 valence electrons. The number of aliphatic hydroxyl groups excluding tert-OH is 2. The molecule has 7 heterocycles. The van der Waals surface area contributed by atoms with Crippen LogP contribution < -0.4 is 21.5 Å². The molecule has 21 rings (SSSR count). The van der Waals surface area contributed by atoms with E-state index in [2.05, 4.69) is 175 Å². The second-order valence-corrected chi connectivity index (χ2v) is 36.1. The third-order valence-electron chi connectivity index (χ3n) is 24.1. The number of aryl methyl sites for hydroxylation is 9. The zero-order valence-corrected chi connectivity index (χ0v) is 79.4. The number of halogens is 4. The van der Waals surface area contributed by atoms with Crippen molar-refractivity contribution >= 4 is 230 Å². The quantitative estimate of drug-likeness (QED) is 0.0200. The van der Waals surface area contributed by atoms with Gasteiger partial charge in [-0.1, -0.05) is 202 Å². The molecule has 0 bridgehead atoms. The van der Waals surface area contributed by atoms with Gasteiger partial charge in [0.1, 0.15) is 0 Å². The third kappa shape index (κ3) is 21.8. The Labute approximate surface area is 809 Å². The number of rotatable bonds is 20. The van der Waals surface area contributed by atoms with E-state index in [-0.39, 0.29) is 37.7 Å². The van der Waals surface area contributed by atoms with E-state index in [9.17, 15) is 29.1 Å². The number of fused-ring (bicyclic) bond motifs is 20. The van der Waals surface area contributed by atoms with Crippen molar-refractivity contribution < 1.29 is 49.5 Å². The summed E-state index contributed by atoms with van der Waals surface area (Å²) in [7, 11) is 1.67. The summed E-state index contributed by atoms with van der Waals surface area (Å²) in [6, 6.07) is 99.7. The van der Waals surface area contributed by atoms with Crippen LogP contribution in [-0.4, -0.2) is 109 Å². The Morgan fingerprint density at radius 2 is 0.610 bits per heavy atom. The first kappa shape index (κ1) is 96.5. The summed E-state index contributed by atoms with van der Waals surface area (Å²) in [5, 5.41) is 73.7. The smallest absolute Gasteiger partial charge is 0.305 e. The molecule has 14 aromatic carbocycles. The van der Waals surface area contributed by atoms with E-state index in [1.165, 1.54) is 70.0 Å². The summed E-state index contributed by atoms with van der Waals surface area (Å²) in [6.45, 7) is 11.8. The first-order valence-corrected chi connectivity index (χ1v) is 46.9. The number of aliphatic hydroxyl groups is 2. The SMILES string of the molecule is CNC(=O)CCn1c2ccccc2c2ccccc21.Cc1ccc2c(c1)c1cc(Cl)ccc1n2CC(O)CO.Cc1ccc2c(c1)c1cc(Cl)ccc1n2CCC#N.Cc1ccc2c(c1)c1cc(Cl)ccc1n2CCC(=O)NN.Cc1ccc2c(c1)c1cc(Cl)ccc1n2CCC(=O)O.O=C(O)CCN1c2ccccc2Sc2ccccc21.O=C(O)CCn1c2ccccc2c2ccccc21. The van der Waals surface area contributed by atoms with E-state index >= 15 is 0 Å². The molecule has 9 N–H and O–H groups in total. The lowest BCUT2D eigenvalue weighted by molar-refractivity contribution is -0.138. The average Bonchev–Trinajstić information content (AvgIpc) is 1.59. The van der Waals surface area contributed by atoms with E-state index < -0.39 is 24.0 Å². The number of amides is 2. The van der Waals surface area contributed by atoms with E-state index in [1.54, 1.807) is 18.8 Å². The number of para-hydroxylation sites is 6. The maximum atomic E-state index is 11.5. The highest BCUT2D eigenvalue weighted by Gasteiger charge is 2.25. The van der Waals surface area contributed by atoms with Gasteiger partial charge in [-0.15, -0.1) is 0 Å². The number of nitrogens with one attached hydrogen (secondary N) is 2. The molecule has 2 amide bonds. The van der Waals surface area contributed by atoms with Gasteiger partial charge in [0.2, 0.25) is 11.8 Å². The van der Waals surface area contributed by atoms with Crippen LogP contribution in [0.2, 0.25) is 20.1 Å². The summed E-state index contributed by atoms with van der Waals surface area (Å²) < 4.78 is 12.7. The topological polar surface area (TPSA) is 293 Å². The average molecular weight is 1910 g/mol. The van der Waals surface area contributed by atoms with Gasteiger partial charge in [0.15, 0.2) is 0 Å². The second-order valence-electron chi connectivity index (χ2n) is 33.3. The predicted octanol–water partition coefficient (Wildman–Crippen LogP) is 25.1. The van der Waals surface area contributed by atoms with Crippen LogP contribution in [-0.2, 0) is 63.2 Å². The molecule has 1 atom stereocenters. The van der Waals surface area contributed by atoms with E-state index in [0.717, 1.165) is 109 Å². The van der Waals surface area contributed by atoms with Crippen LogP contribution in [0.15, 0.2) is 301 Å². The van der Waals surface area contributed by atoms with Crippen molar-refractivity contribution in [2.24, 2.45) is 5.84 Å². The molecule has 6 aromatic heterocycles. The Hall–Kier alpha value is -14.1. The number of hydrogen-bond donors (Lipinski definition) is 8. The number of benzene rings is 14. The Bertz CT molecular complexity index is 7550. The van der Waals surface area contributed by atoms with Crippen molar-refractivity contribution in [3.63, 3.8) is 0 Å². The molecule has 0 radical (unpaired) electrons. The minimum absolute atomic E-state index is 0.0712. The molecule has 20 aromatic rings. The summed E-state index contributed by atoms with van der Waals surface area (Å²) in [5.74, 6) is 2.72. The molecule has 1 unspecified atom stereocenters. The summed E-state index contributed by atoms with van der Waals surface area (Å²) in [5.41, 5.74) is 22.3. The van der Waals surface area contributed by atoms with Gasteiger partial charge < -0.3 is 63.2 Å². The highest BCUT2D eigenvalue weighted by atomic mass is 35.5. The Kier molecular flexibility index (Phi) is 31.2. The Balaban J connectivity index is 0.000000121. The van der Waals surface area contributed by atoms with Crippen molar-refractivity contribution in [2.75, 3.05) is 25.1 Å². The summed E-state index contributed by atoms with van der Waals surface area (Å²) >= 11 is 26.2. The lowest BCUT2D eigenvalue weighted by Crippen LogP contribution is -2.30. The van der Waals surface area contributed by atoms with E-state index in [1.807, 2.05) is 193 Å². The number of carbonyl (C=O) groups excluding carboxylic acids is 2. The van der Waals surface area contributed by atoms with Crippen molar-refractivity contribution in [1.82, 2.24) is 38.1 Å². The lowest BCUT2D eigenvalue weighted by atomic mass is 10.1. The number of nitrogens with two attached hydrogens (primary N) is 1. The van der Waals surface area contributed by atoms with Crippen LogP contribution in [0.5, 0.6) is 0 Å². The van der Waals surface area contributed by atoms with Crippen LogP contribution >= 0.6 is 58.2 Å². The van der Waals surface area contributed by atoms with Gasteiger partial charge in [-0.05, 0) is 198 Å². The number of hydrazine groups is 1. The fraction of sp³-hybridized carbons (Fsp3) is 0.182. The predicted molar refractivity (Wildman–Crippen MR) is 555 cm³/mol. The minimum atomic E-state index is -0.791. The number of carboxylic acid groups (broad SMARTS) is 3. The largest absolute Gasteiger partial charge is 0.481 e. The summed E-state index contributed by atoms with van der Waals surface area (Å²) in [6.07, 6.45) is 0.956.